The summed E-state index contributed by atoms with van der Waals surface area (Å²) in [4.78, 5) is 12.0. The van der Waals surface area contributed by atoms with E-state index in [0.29, 0.717) is 18.6 Å². The number of sulfone groups is 1. The first kappa shape index (κ1) is 16.0. The highest BCUT2D eigenvalue weighted by atomic mass is 32.2. The number of hydrogen-bond donors (Lipinski definition) is 1. The van der Waals surface area contributed by atoms with Crippen LogP contribution < -0.4 is 5.32 Å². The Morgan fingerprint density at radius 1 is 1.36 bits per heavy atom. The third-order valence-electron chi connectivity index (χ3n) is 3.24. The molecule has 0 bridgehead atoms. The van der Waals surface area contributed by atoms with Gasteiger partial charge in [-0.2, -0.15) is 5.26 Å². The molecule has 116 valence electrons. The molecule has 0 saturated carbocycles. The van der Waals surface area contributed by atoms with Gasteiger partial charge < -0.3 is 4.74 Å². The second kappa shape index (κ2) is 6.62. The monoisotopic (exact) mass is 320 g/mol. The van der Waals surface area contributed by atoms with Crippen molar-refractivity contribution in [1.82, 2.24) is 5.32 Å². The largest absolute Gasteiger partial charge is 0.478 e. The lowest BCUT2D eigenvalue weighted by atomic mass is 10.2. The fraction of sp³-hybridized carbons (Fsp3) is 0.333. The van der Waals surface area contributed by atoms with E-state index in [4.69, 9.17) is 10.00 Å². The molecule has 22 heavy (non-hydrogen) atoms. The molecule has 0 unspecified atom stereocenters. The van der Waals surface area contributed by atoms with Crippen molar-refractivity contribution in [3.8, 4) is 6.07 Å². The summed E-state index contributed by atoms with van der Waals surface area (Å²) in [5.74, 6) is -0.641. The fourth-order valence-electron chi connectivity index (χ4n) is 1.95. The molecule has 0 aromatic heterocycles. The molecule has 0 spiro atoms. The number of amides is 1. The van der Waals surface area contributed by atoms with E-state index in [0.717, 1.165) is 5.56 Å². The van der Waals surface area contributed by atoms with Crippen molar-refractivity contribution in [3.05, 3.63) is 41.3 Å². The minimum Gasteiger partial charge on any atom is -0.478 e. The first-order valence-corrected chi connectivity index (χ1v) is 8.43. The van der Waals surface area contributed by atoms with Gasteiger partial charge in [0.15, 0.2) is 9.84 Å². The van der Waals surface area contributed by atoms with Crippen molar-refractivity contribution in [2.24, 2.45) is 0 Å². The lowest BCUT2D eigenvalue weighted by molar-refractivity contribution is -0.120. The second-order valence-corrected chi connectivity index (χ2v) is 7.06. The Kier molecular flexibility index (Phi) is 4.83. The van der Waals surface area contributed by atoms with E-state index in [9.17, 15) is 13.2 Å². The van der Waals surface area contributed by atoms with Crippen LogP contribution >= 0.6 is 0 Å². The van der Waals surface area contributed by atoms with Gasteiger partial charge in [-0.05, 0) is 19.1 Å². The number of nitriles is 1. The smallest absolute Gasteiger partial charge is 0.227 e. The maximum absolute atomic E-state index is 12.1. The summed E-state index contributed by atoms with van der Waals surface area (Å²) < 4.78 is 29.4. The Morgan fingerprint density at radius 2 is 2.05 bits per heavy atom. The molecule has 6 nitrogen and oxygen atoms in total. The lowest BCUT2D eigenvalue weighted by Gasteiger charge is -2.07. The first-order chi connectivity index (χ1) is 10.4. The highest BCUT2D eigenvalue weighted by Gasteiger charge is 2.20. The average molecular weight is 320 g/mol. The molecule has 1 amide bonds. The van der Waals surface area contributed by atoms with E-state index in [1.54, 1.807) is 12.1 Å². The molecule has 1 N–H and O–H groups in total. The van der Waals surface area contributed by atoms with E-state index in [2.05, 4.69) is 5.32 Å². The molecule has 1 aliphatic heterocycles. The van der Waals surface area contributed by atoms with Crippen molar-refractivity contribution in [1.29, 1.82) is 5.26 Å². The van der Waals surface area contributed by atoms with E-state index in [-0.39, 0.29) is 23.0 Å². The van der Waals surface area contributed by atoms with Crippen LogP contribution in [-0.2, 0) is 19.4 Å². The van der Waals surface area contributed by atoms with Crippen LogP contribution in [0.2, 0.25) is 0 Å². The third-order valence-corrected chi connectivity index (χ3v) is 4.97. The number of carbonyl (C=O) groups excluding carboxylic acids is 1. The Labute approximate surface area is 129 Å². The van der Waals surface area contributed by atoms with Crippen LogP contribution in [-0.4, -0.2) is 26.7 Å². The van der Waals surface area contributed by atoms with Crippen molar-refractivity contribution in [2.45, 2.75) is 24.7 Å². The number of benzene rings is 1. The SMILES string of the molecule is Cc1ccc(S(=O)(=O)CCC(=O)NC2=C(C#N)CCO2)cc1. The normalized spacial score (nSPS) is 14.4. The zero-order chi connectivity index (χ0) is 16.2. The number of aryl methyl sites for hydroxylation is 1. The molecule has 0 atom stereocenters. The van der Waals surface area contributed by atoms with E-state index < -0.39 is 15.7 Å². The molecule has 0 saturated heterocycles. The quantitative estimate of drug-likeness (QED) is 0.885. The van der Waals surface area contributed by atoms with Crippen LogP contribution in [0.5, 0.6) is 0 Å². The average Bonchev–Trinajstić information content (AvgIpc) is 2.93. The number of nitrogens with one attached hydrogen (secondary N) is 1. The van der Waals surface area contributed by atoms with Crippen LogP contribution in [0.15, 0.2) is 40.6 Å². The van der Waals surface area contributed by atoms with Gasteiger partial charge in [-0.15, -0.1) is 0 Å². The van der Waals surface area contributed by atoms with Crippen LogP contribution in [0.25, 0.3) is 0 Å². The van der Waals surface area contributed by atoms with Gasteiger partial charge in [0.1, 0.15) is 6.07 Å². The summed E-state index contributed by atoms with van der Waals surface area (Å²) in [6.07, 6.45) is 0.259. The Balaban J connectivity index is 1.96. The summed E-state index contributed by atoms with van der Waals surface area (Å²) in [6.45, 7) is 2.21. The van der Waals surface area contributed by atoms with Crippen molar-refractivity contribution >= 4 is 15.7 Å². The standard InChI is InChI=1S/C15H16N2O4S/c1-11-2-4-13(5-3-11)22(19,20)9-7-14(18)17-15-12(10-16)6-8-21-15/h2-5H,6-9H2,1H3,(H,17,18). The minimum atomic E-state index is -3.51. The van der Waals surface area contributed by atoms with Crippen LogP contribution in [0.1, 0.15) is 18.4 Å². The molecule has 2 rings (SSSR count). The molecule has 1 aromatic carbocycles. The second-order valence-electron chi connectivity index (χ2n) is 4.95. The fourth-order valence-corrected chi connectivity index (χ4v) is 3.19. The van der Waals surface area contributed by atoms with E-state index >= 15 is 0 Å². The minimum absolute atomic E-state index is 0.139. The zero-order valence-electron chi connectivity index (χ0n) is 12.1. The molecule has 0 fully saturated rings. The number of carbonyl (C=O) groups is 1. The van der Waals surface area contributed by atoms with Crippen LogP contribution in [0, 0.1) is 18.3 Å². The van der Waals surface area contributed by atoms with Gasteiger partial charge in [0.25, 0.3) is 0 Å². The highest BCUT2D eigenvalue weighted by Crippen LogP contribution is 2.16. The molecule has 7 heteroatoms. The molecule has 1 heterocycles. The topological polar surface area (TPSA) is 96.3 Å². The summed E-state index contributed by atoms with van der Waals surface area (Å²) >= 11 is 0. The first-order valence-electron chi connectivity index (χ1n) is 6.78. The Bertz CT molecular complexity index is 743. The number of nitrogens with zero attached hydrogens (tertiary/aromatic N) is 1. The van der Waals surface area contributed by atoms with Crippen LogP contribution in [0.4, 0.5) is 0 Å². The maximum atomic E-state index is 12.1. The van der Waals surface area contributed by atoms with Gasteiger partial charge in [-0.25, -0.2) is 8.42 Å². The molecule has 0 radical (unpaired) electrons. The molecular formula is C15H16N2O4S. The van der Waals surface area contributed by atoms with E-state index in [1.165, 1.54) is 12.1 Å². The van der Waals surface area contributed by atoms with Crippen molar-refractivity contribution in [2.75, 3.05) is 12.4 Å². The van der Waals surface area contributed by atoms with Crippen molar-refractivity contribution < 1.29 is 17.9 Å². The van der Waals surface area contributed by atoms with Gasteiger partial charge in [0.2, 0.25) is 11.8 Å². The zero-order valence-corrected chi connectivity index (χ0v) is 12.9. The number of ether oxygens (including phenoxy) is 1. The molecule has 1 aromatic rings. The predicted octanol–water partition coefficient (Wildman–Crippen LogP) is 1.43. The summed E-state index contributed by atoms with van der Waals surface area (Å²) in [7, 11) is -3.51. The lowest BCUT2D eigenvalue weighted by Crippen LogP contribution is -2.26. The van der Waals surface area contributed by atoms with Gasteiger partial charge in [-0.3, -0.25) is 10.1 Å². The number of rotatable bonds is 5. The van der Waals surface area contributed by atoms with Gasteiger partial charge in [-0.1, -0.05) is 17.7 Å². The summed E-state index contributed by atoms with van der Waals surface area (Å²) in [5, 5.41) is 11.3. The Morgan fingerprint density at radius 3 is 2.68 bits per heavy atom. The Hall–Kier alpha value is -2.33. The highest BCUT2D eigenvalue weighted by molar-refractivity contribution is 7.91. The molecule has 1 aliphatic rings. The van der Waals surface area contributed by atoms with Crippen molar-refractivity contribution in [3.63, 3.8) is 0 Å². The van der Waals surface area contributed by atoms with Gasteiger partial charge >= 0.3 is 0 Å². The van der Waals surface area contributed by atoms with Gasteiger partial charge in [0, 0.05) is 12.8 Å². The van der Waals surface area contributed by atoms with E-state index in [1.807, 2.05) is 13.0 Å². The number of hydrogen-bond acceptors (Lipinski definition) is 5. The summed E-state index contributed by atoms with van der Waals surface area (Å²) in [5.41, 5.74) is 1.33. The maximum Gasteiger partial charge on any atom is 0.227 e. The predicted molar refractivity (Wildman–Crippen MR) is 79.2 cm³/mol. The van der Waals surface area contributed by atoms with Gasteiger partial charge in [0.05, 0.1) is 22.8 Å². The molecular weight excluding hydrogens is 304 g/mol. The van der Waals surface area contributed by atoms with Crippen LogP contribution in [0.3, 0.4) is 0 Å². The third kappa shape index (κ3) is 3.86. The molecule has 0 aliphatic carbocycles. The summed E-state index contributed by atoms with van der Waals surface area (Å²) in [6, 6.07) is 8.42.